The van der Waals surface area contributed by atoms with Crippen LogP contribution in [0.4, 0.5) is 20.4 Å². The summed E-state index contributed by atoms with van der Waals surface area (Å²) in [5.41, 5.74) is 0. The molecular weight excluding hydrogens is 236 g/mol. The van der Waals surface area contributed by atoms with Crippen molar-refractivity contribution in [1.29, 1.82) is 0 Å². The van der Waals surface area contributed by atoms with Crippen LogP contribution in [0.3, 0.4) is 0 Å². The summed E-state index contributed by atoms with van der Waals surface area (Å²) in [6.07, 6.45) is 6.16. The van der Waals surface area contributed by atoms with Crippen molar-refractivity contribution in [1.82, 2.24) is 4.98 Å². The number of anilines is 2. The maximum absolute atomic E-state index is 13.5. The van der Waals surface area contributed by atoms with Crippen molar-refractivity contribution in [3.05, 3.63) is 17.7 Å². The predicted octanol–water partition coefficient (Wildman–Crippen LogP) is 3.39. The van der Waals surface area contributed by atoms with Gasteiger partial charge in [0.05, 0.1) is 0 Å². The van der Waals surface area contributed by atoms with Crippen molar-refractivity contribution in [2.24, 2.45) is 5.92 Å². The van der Waals surface area contributed by atoms with Crippen LogP contribution in [0, 0.1) is 17.6 Å². The van der Waals surface area contributed by atoms with Gasteiger partial charge < -0.3 is 10.6 Å². The Morgan fingerprint density at radius 1 is 1.22 bits per heavy atom. The lowest BCUT2D eigenvalue weighted by Gasteiger charge is -2.12. The lowest BCUT2D eigenvalue weighted by atomic mass is 10.0. The zero-order valence-corrected chi connectivity index (χ0v) is 10.6. The molecule has 1 aliphatic carbocycles. The standard InChI is InChI=1S/C13H19F2N3/c1-16-12-10(14)8-11(15)13(18-12)17-7-6-9-4-2-3-5-9/h8-9H,2-7H2,1H3,(H2,16,17,18). The Bertz CT molecular complexity index is 403. The molecule has 0 unspecified atom stereocenters. The number of halogens is 2. The topological polar surface area (TPSA) is 37.0 Å². The normalized spacial score (nSPS) is 15.9. The van der Waals surface area contributed by atoms with E-state index in [1.54, 1.807) is 7.05 Å². The minimum absolute atomic E-state index is 0.0692. The number of hydrogen-bond acceptors (Lipinski definition) is 3. The summed E-state index contributed by atoms with van der Waals surface area (Å²) in [7, 11) is 1.56. The third kappa shape index (κ3) is 3.09. The Kier molecular flexibility index (Phi) is 4.33. The summed E-state index contributed by atoms with van der Waals surface area (Å²) in [6, 6.07) is 0.858. The van der Waals surface area contributed by atoms with Crippen LogP contribution in [0.2, 0.25) is 0 Å². The highest BCUT2D eigenvalue weighted by molar-refractivity contribution is 5.47. The van der Waals surface area contributed by atoms with E-state index in [4.69, 9.17) is 0 Å². The largest absolute Gasteiger partial charge is 0.371 e. The van der Waals surface area contributed by atoms with Crippen molar-refractivity contribution in [2.75, 3.05) is 24.2 Å². The number of nitrogens with one attached hydrogen (secondary N) is 2. The maximum atomic E-state index is 13.5. The highest BCUT2D eigenvalue weighted by Gasteiger charge is 2.15. The quantitative estimate of drug-likeness (QED) is 0.846. The van der Waals surface area contributed by atoms with Crippen LogP contribution < -0.4 is 10.6 Å². The van der Waals surface area contributed by atoms with Gasteiger partial charge in [-0.1, -0.05) is 25.7 Å². The van der Waals surface area contributed by atoms with E-state index >= 15 is 0 Å². The van der Waals surface area contributed by atoms with Gasteiger partial charge in [-0.05, 0) is 12.3 Å². The first-order chi connectivity index (χ1) is 8.70. The van der Waals surface area contributed by atoms with Crippen molar-refractivity contribution in [3.8, 4) is 0 Å². The Balaban J connectivity index is 1.91. The molecule has 0 aliphatic heterocycles. The molecule has 3 nitrogen and oxygen atoms in total. The van der Waals surface area contributed by atoms with E-state index in [-0.39, 0.29) is 11.6 Å². The van der Waals surface area contributed by atoms with Gasteiger partial charge in [-0.3, -0.25) is 0 Å². The fourth-order valence-corrected chi connectivity index (χ4v) is 2.46. The predicted molar refractivity (Wildman–Crippen MR) is 68.8 cm³/mol. The van der Waals surface area contributed by atoms with Crippen molar-refractivity contribution < 1.29 is 8.78 Å². The van der Waals surface area contributed by atoms with Crippen LogP contribution in [-0.4, -0.2) is 18.6 Å². The molecule has 0 radical (unpaired) electrons. The number of nitrogens with zero attached hydrogens (tertiary/aromatic N) is 1. The molecule has 2 N–H and O–H groups in total. The molecule has 2 rings (SSSR count). The second kappa shape index (κ2) is 5.98. The molecular formula is C13H19F2N3. The van der Waals surface area contributed by atoms with Crippen LogP contribution in [0.15, 0.2) is 6.07 Å². The van der Waals surface area contributed by atoms with Gasteiger partial charge in [-0.15, -0.1) is 0 Å². The molecule has 0 saturated heterocycles. The minimum Gasteiger partial charge on any atom is -0.371 e. The summed E-state index contributed by atoms with van der Waals surface area (Å²) < 4.78 is 26.7. The van der Waals surface area contributed by atoms with Gasteiger partial charge in [0.25, 0.3) is 0 Å². The van der Waals surface area contributed by atoms with E-state index in [1.165, 1.54) is 25.7 Å². The summed E-state index contributed by atoms with van der Waals surface area (Å²) in [4.78, 5) is 3.88. The lowest BCUT2D eigenvalue weighted by Crippen LogP contribution is -2.10. The molecule has 0 amide bonds. The first-order valence-corrected chi connectivity index (χ1v) is 6.48. The molecule has 0 bridgehead atoms. The van der Waals surface area contributed by atoms with Crippen LogP contribution in [0.1, 0.15) is 32.1 Å². The Hall–Kier alpha value is -1.39. The number of pyridine rings is 1. The van der Waals surface area contributed by atoms with E-state index in [2.05, 4.69) is 15.6 Å². The average molecular weight is 255 g/mol. The molecule has 1 aromatic heterocycles. The van der Waals surface area contributed by atoms with Gasteiger partial charge in [-0.2, -0.15) is 0 Å². The van der Waals surface area contributed by atoms with Crippen molar-refractivity contribution in [3.63, 3.8) is 0 Å². The molecule has 1 heterocycles. The fraction of sp³-hybridized carbons (Fsp3) is 0.615. The molecule has 100 valence electrons. The molecule has 1 aromatic rings. The molecule has 1 saturated carbocycles. The molecule has 1 aliphatic rings. The smallest absolute Gasteiger partial charge is 0.168 e. The molecule has 0 spiro atoms. The van der Waals surface area contributed by atoms with Crippen molar-refractivity contribution in [2.45, 2.75) is 32.1 Å². The SMILES string of the molecule is CNc1nc(NCCC2CCCC2)c(F)cc1F. The van der Waals surface area contributed by atoms with Crippen LogP contribution in [-0.2, 0) is 0 Å². The first kappa shape index (κ1) is 13.1. The Labute approximate surface area is 106 Å². The zero-order valence-electron chi connectivity index (χ0n) is 10.6. The number of rotatable bonds is 5. The van der Waals surface area contributed by atoms with Crippen LogP contribution in [0.5, 0.6) is 0 Å². The summed E-state index contributed by atoms with van der Waals surface area (Å²) in [5, 5.41) is 5.55. The second-order valence-electron chi connectivity index (χ2n) is 4.77. The molecule has 18 heavy (non-hydrogen) atoms. The second-order valence-corrected chi connectivity index (χ2v) is 4.77. The number of aromatic nitrogens is 1. The molecule has 5 heteroatoms. The van der Waals surface area contributed by atoms with Gasteiger partial charge in [0.2, 0.25) is 0 Å². The van der Waals surface area contributed by atoms with Gasteiger partial charge >= 0.3 is 0 Å². The van der Waals surface area contributed by atoms with Gasteiger partial charge in [0, 0.05) is 19.7 Å². The van der Waals surface area contributed by atoms with E-state index in [9.17, 15) is 8.78 Å². The van der Waals surface area contributed by atoms with Gasteiger partial charge in [0.1, 0.15) is 0 Å². The van der Waals surface area contributed by atoms with E-state index in [1.807, 2.05) is 0 Å². The van der Waals surface area contributed by atoms with Gasteiger partial charge in [-0.25, -0.2) is 13.8 Å². The summed E-state index contributed by atoms with van der Waals surface area (Å²) in [6.45, 7) is 0.684. The number of hydrogen-bond donors (Lipinski definition) is 2. The lowest BCUT2D eigenvalue weighted by molar-refractivity contribution is 0.516. The summed E-state index contributed by atoms with van der Waals surface area (Å²) >= 11 is 0. The van der Waals surface area contributed by atoms with Crippen molar-refractivity contribution >= 4 is 11.6 Å². The highest BCUT2D eigenvalue weighted by atomic mass is 19.1. The van der Waals surface area contributed by atoms with E-state index < -0.39 is 11.6 Å². The minimum atomic E-state index is -0.670. The van der Waals surface area contributed by atoms with E-state index in [0.29, 0.717) is 6.54 Å². The maximum Gasteiger partial charge on any atom is 0.168 e. The van der Waals surface area contributed by atoms with Crippen LogP contribution >= 0.6 is 0 Å². The van der Waals surface area contributed by atoms with Crippen LogP contribution in [0.25, 0.3) is 0 Å². The third-order valence-corrected chi connectivity index (χ3v) is 3.49. The monoisotopic (exact) mass is 255 g/mol. The first-order valence-electron chi connectivity index (χ1n) is 6.48. The van der Waals surface area contributed by atoms with Gasteiger partial charge in [0.15, 0.2) is 23.3 Å². The molecule has 0 atom stereocenters. The third-order valence-electron chi connectivity index (χ3n) is 3.49. The highest BCUT2D eigenvalue weighted by Crippen LogP contribution is 2.27. The Morgan fingerprint density at radius 3 is 2.56 bits per heavy atom. The zero-order chi connectivity index (χ0) is 13.0. The van der Waals surface area contributed by atoms with E-state index in [0.717, 1.165) is 18.4 Å². The summed E-state index contributed by atoms with van der Waals surface area (Å²) in [5.74, 6) is -0.377. The average Bonchev–Trinajstić information content (AvgIpc) is 2.85. The fourth-order valence-electron chi connectivity index (χ4n) is 2.46. The molecule has 1 fully saturated rings. The Morgan fingerprint density at radius 2 is 1.89 bits per heavy atom. The molecule has 0 aromatic carbocycles.